The van der Waals surface area contributed by atoms with Crippen molar-refractivity contribution in [2.24, 2.45) is 0 Å². The van der Waals surface area contributed by atoms with Crippen LogP contribution < -0.4 is 5.32 Å². The fourth-order valence-corrected chi connectivity index (χ4v) is 0.694. The molecule has 0 radical (unpaired) electrons. The summed E-state index contributed by atoms with van der Waals surface area (Å²) >= 11 is 0. The Morgan fingerprint density at radius 1 is 1.62 bits per heavy atom. The highest BCUT2D eigenvalue weighted by molar-refractivity contribution is 4.80. The molecule has 2 nitrogen and oxygen atoms in total. The summed E-state index contributed by atoms with van der Waals surface area (Å²) < 4.78 is 23.9. The van der Waals surface area contributed by atoms with E-state index in [0.717, 1.165) is 0 Å². The predicted molar refractivity (Wildman–Crippen MR) is 23.6 cm³/mol. The molecule has 1 unspecified atom stereocenters. The highest BCUT2D eigenvalue weighted by atomic mass is 19.3. The minimum atomic E-state index is -2.70. The van der Waals surface area contributed by atoms with E-state index < -0.39 is 25.1 Å². The van der Waals surface area contributed by atoms with Crippen molar-refractivity contribution < 1.29 is 13.9 Å². The molecular formula is C4H7F2NO. The Morgan fingerprint density at radius 2 is 2.25 bits per heavy atom. The van der Waals surface area contributed by atoms with E-state index in [-0.39, 0.29) is 0 Å². The van der Waals surface area contributed by atoms with Gasteiger partial charge in [-0.15, -0.1) is 0 Å². The Hall–Kier alpha value is -0.220. The summed E-state index contributed by atoms with van der Waals surface area (Å²) in [5, 5.41) is 10.7. The van der Waals surface area contributed by atoms with E-state index in [4.69, 9.17) is 5.11 Å². The average molecular weight is 123 g/mol. The molecular weight excluding hydrogens is 116 g/mol. The molecule has 0 aromatic heterocycles. The summed E-state index contributed by atoms with van der Waals surface area (Å²) in [6.45, 7) is -0.395. The molecule has 1 aliphatic rings. The lowest BCUT2D eigenvalue weighted by molar-refractivity contribution is 0.00777. The molecule has 0 aromatic carbocycles. The molecule has 0 amide bonds. The minimum absolute atomic E-state index is 0.395. The highest BCUT2D eigenvalue weighted by Crippen LogP contribution is 2.23. The van der Waals surface area contributed by atoms with Crippen LogP contribution in [-0.4, -0.2) is 23.8 Å². The lowest BCUT2D eigenvalue weighted by atomic mass is 10.3. The molecule has 1 aliphatic heterocycles. The van der Waals surface area contributed by atoms with Crippen molar-refractivity contribution in [3.05, 3.63) is 0 Å². The number of hydrogen-bond donors (Lipinski definition) is 2. The zero-order valence-electron chi connectivity index (χ0n) is 4.19. The van der Waals surface area contributed by atoms with Crippen LogP contribution in [0.4, 0.5) is 8.78 Å². The van der Waals surface area contributed by atoms with Gasteiger partial charge in [-0.2, -0.15) is 0 Å². The first-order valence-corrected chi connectivity index (χ1v) is 2.39. The van der Waals surface area contributed by atoms with Crippen molar-refractivity contribution in [1.82, 2.24) is 5.32 Å². The van der Waals surface area contributed by atoms with Crippen molar-refractivity contribution >= 4 is 0 Å². The Labute approximate surface area is 45.5 Å². The molecule has 1 heterocycles. The molecule has 0 bridgehead atoms. The zero-order valence-corrected chi connectivity index (χ0v) is 4.19. The SMILES string of the molecule is OC1CC(F)(F)CN1. The Bertz CT molecular complexity index is 96.0. The van der Waals surface area contributed by atoms with Gasteiger partial charge < -0.3 is 5.11 Å². The van der Waals surface area contributed by atoms with Gasteiger partial charge in [-0.3, -0.25) is 5.32 Å². The van der Waals surface area contributed by atoms with E-state index in [0.29, 0.717) is 0 Å². The number of alkyl halides is 2. The molecule has 0 aromatic rings. The van der Waals surface area contributed by atoms with Gasteiger partial charge in [0.05, 0.1) is 13.0 Å². The standard InChI is InChI=1S/C4H7F2NO/c5-4(6)1-3(8)7-2-4/h3,7-8H,1-2H2. The van der Waals surface area contributed by atoms with E-state index >= 15 is 0 Å². The molecule has 1 fully saturated rings. The van der Waals surface area contributed by atoms with E-state index in [1.54, 1.807) is 0 Å². The zero-order chi connectivity index (χ0) is 6.20. The molecule has 4 heteroatoms. The normalized spacial score (nSPS) is 35.6. The summed E-state index contributed by atoms with van der Waals surface area (Å²) in [5.74, 6) is -2.70. The number of hydrogen-bond acceptors (Lipinski definition) is 2. The number of halogens is 2. The maximum atomic E-state index is 12.0. The second-order valence-electron chi connectivity index (χ2n) is 1.96. The maximum absolute atomic E-state index is 12.0. The third kappa shape index (κ3) is 1.14. The summed E-state index contributed by atoms with van der Waals surface area (Å²) in [5.41, 5.74) is 0. The van der Waals surface area contributed by atoms with Gasteiger partial charge in [0.1, 0.15) is 6.23 Å². The van der Waals surface area contributed by atoms with E-state index in [1.807, 2.05) is 0 Å². The van der Waals surface area contributed by atoms with Crippen LogP contribution in [0.15, 0.2) is 0 Å². The first-order valence-electron chi connectivity index (χ1n) is 2.39. The molecule has 1 atom stereocenters. The van der Waals surface area contributed by atoms with Gasteiger partial charge >= 0.3 is 0 Å². The third-order valence-corrected chi connectivity index (χ3v) is 1.09. The van der Waals surface area contributed by atoms with Gasteiger partial charge in [0.25, 0.3) is 5.92 Å². The van der Waals surface area contributed by atoms with Crippen LogP contribution in [0.25, 0.3) is 0 Å². The molecule has 2 N–H and O–H groups in total. The van der Waals surface area contributed by atoms with Gasteiger partial charge in [-0.05, 0) is 0 Å². The first kappa shape index (κ1) is 5.91. The lowest BCUT2D eigenvalue weighted by Crippen LogP contribution is -2.21. The Balaban J connectivity index is 2.44. The number of aliphatic hydroxyl groups excluding tert-OH is 1. The smallest absolute Gasteiger partial charge is 0.264 e. The molecule has 0 aliphatic carbocycles. The predicted octanol–water partition coefficient (Wildman–Crippen LogP) is -0.0666. The van der Waals surface area contributed by atoms with E-state index in [1.165, 1.54) is 0 Å². The van der Waals surface area contributed by atoms with Crippen LogP contribution in [-0.2, 0) is 0 Å². The second kappa shape index (κ2) is 1.63. The topological polar surface area (TPSA) is 32.3 Å². The molecule has 1 saturated heterocycles. The van der Waals surface area contributed by atoms with Gasteiger partial charge in [0, 0.05) is 0 Å². The quantitative estimate of drug-likeness (QED) is 0.472. The lowest BCUT2D eigenvalue weighted by Gasteiger charge is -2.02. The molecule has 0 spiro atoms. The van der Waals surface area contributed by atoms with Crippen molar-refractivity contribution in [2.75, 3.05) is 6.54 Å². The van der Waals surface area contributed by atoms with E-state index in [9.17, 15) is 8.78 Å². The van der Waals surface area contributed by atoms with Crippen LogP contribution in [0.5, 0.6) is 0 Å². The van der Waals surface area contributed by atoms with Crippen LogP contribution in [0, 0.1) is 0 Å². The second-order valence-corrected chi connectivity index (χ2v) is 1.96. The molecule has 48 valence electrons. The highest BCUT2D eigenvalue weighted by Gasteiger charge is 2.38. The van der Waals surface area contributed by atoms with Crippen molar-refractivity contribution in [3.63, 3.8) is 0 Å². The largest absolute Gasteiger partial charge is 0.378 e. The van der Waals surface area contributed by atoms with Crippen molar-refractivity contribution in [2.45, 2.75) is 18.6 Å². The number of aliphatic hydroxyl groups is 1. The van der Waals surface area contributed by atoms with Crippen LogP contribution in [0.3, 0.4) is 0 Å². The molecule has 1 rings (SSSR count). The maximum Gasteiger partial charge on any atom is 0.264 e. The van der Waals surface area contributed by atoms with Gasteiger partial charge in [0.15, 0.2) is 0 Å². The van der Waals surface area contributed by atoms with Crippen LogP contribution in [0.1, 0.15) is 6.42 Å². The monoisotopic (exact) mass is 123 g/mol. The fraction of sp³-hybridized carbons (Fsp3) is 1.00. The van der Waals surface area contributed by atoms with Crippen molar-refractivity contribution in [3.8, 4) is 0 Å². The fourth-order valence-electron chi connectivity index (χ4n) is 0.694. The molecule has 0 saturated carbocycles. The van der Waals surface area contributed by atoms with Crippen LogP contribution >= 0.6 is 0 Å². The number of nitrogens with one attached hydrogen (secondary N) is 1. The van der Waals surface area contributed by atoms with Crippen molar-refractivity contribution in [1.29, 1.82) is 0 Å². The summed E-state index contributed by atoms with van der Waals surface area (Å²) in [6, 6.07) is 0. The minimum Gasteiger partial charge on any atom is -0.378 e. The van der Waals surface area contributed by atoms with Gasteiger partial charge in [-0.1, -0.05) is 0 Å². The average Bonchev–Trinajstić information content (AvgIpc) is 1.82. The molecule has 8 heavy (non-hydrogen) atoms. The summed E-state index contributed by atoms with van der Waals surface area (Å²) in [6.07, 6.45) is -1.46. The van der Waals surface area contributed by atoms with E-state index in [2.05, 4.69) is 5.32 Å². The third-order valence-electron chi connectivity index (χ3n) is 1.09. The van der Waals surface area contributed by atoms with Gasteiger partial charge in [-0.25, -0.2) is 8.78 Å². The number of rotatable bonds is 0. The van der Waals surface area contributed by atoms with Crippen LogP contribution in [0.2, 0.25) is 0 Å². The summed E-state index contributed by atoms with van der Waals surface area (Å²) in [4.78, 5) is 0. The Kier molecular flexibility index (Phi) is 1.21. The summed E-state index contributed by atoms with van der Waals surface area (Å²) in [7, 11) is 0. The first-order chi connectivity index (χ1) is 3.60. The van der Waals surface area contributed by atoms with Gasteiger partial charge in [0.2, 0.25) is 0 Å². The Morgan fingerprint density at radius 3 is 2.38 bits per heavy atom.